The van der Waals surface area contributed by atoms with Crippen molar-refractivity contribution in [1.82, 2.24) is 10.2 Å². The molecule has 2 unspecified atom stereocenters. The molecule has 21 heavy (non-hydrogen) atoms. The second-order valence-electron chi connectivity index (χ2n) is 6.26. The molecule has 4 heteroatoms. The average Bonchev–Trinajstić information content (AvgIpc) is 3.33. The Hall–Kier alpha value is -1.55. The zero-order valence-electron chi connectivity index (χ0n) is 12.8. The number of amides is 1. The van der Waals surface area contributed by atoms with Crippen molar-refractivity contribution in [2.24, 2.45) is 5.92 Å². The third-order valence-corrected chi connectivity index (χ3v) is 4.61. The molecule has 0 bridgehead atoms. The summed E-state index contributed by atoms with van der Waals surface area (Å²) in [5.41, 5.74) is 1.33. The van der Waals surface area contributed by atoms with Gasteiger partial charge in [0.2, 0.25) is 5.91 Å². The van der Waals surface area contributed by atoms with Crippen LogP contribution >= 0.6 is 0 Å². The van der Waals surface area contributed by atoms with E-state index in [-0.39, 0.29) is 5.91 Å². The van der Waals surface area contributed by atoms with Gasteiger partial charge in [0.15, 0.2) is 0 Å². The summed E-state index contributed by atoms with van der Waals surface area (Å²) in [6.07, 6.45) is 4.20. The number of rotatable bonds is 5. The lowest BCUT2D eigenvalue weighted by molar-refractivity contribution is -0.132. The van der Waals surface area contributed by atoms with Gasteiger partial charge < -0.3 is 15.0 Å². The van der Waals surface area contributed by atoms with Crippen molar-refractivity contribution in [1.29, 1.82) is 0 Å². The van der Waals surface area contributed by atoms with E-state index >= 15 is 0 Å². The molecule has 2 fully saturated rings. The fraction of sp³-hybridized carbons (Fsp3) is 0.588. The van der Waals surface area contributed by atoms with E-state index in [1.54, 1.807) is 7.11 Å². The van der Waals surface area contributed by atoms with Gasteiger partial charge in [-0.15, -0.1) is 0 Å². The Balaban J connectivity index is 1.68. The van der Waals surface area contributed by atoms with Crippen LogP contribution in [0.25, 0.3) is 0 Å². The van der Waals surface area contributed by atoms with Gasteiger partial charge in [-0.05, 0) is 42.9 Å². The Morgan fingerprint density at radius 2 is 1.95 bits per heavy atom. The number of hydrogen-bond acceptors (Lipinski definition) is 3. The molecule has 114 valence electrons. The number of benzene rings is 1. The number of ether oxygens (including phenoxy) is 1. The van der Waals surface area contributed by atoms with E-state index in [1.807, 2.05) is 24.1 Å². The minimum atomic E-state index is 0.264. The molecule has 2 aliphatic rings. The van der Waals surface area contributed by atoms with Gasteiger partial charge >= 0.3 is 0 Å². The number of methoxy groups -OCH3 is 1. The molecule has 1 N–H and O–H groups in total. The zero-order chi connectivity index (χ0) is 14.8. The van der Waals surface area contributed by atoms with E-state index in [0.717, 1.165) is 24.6 Å². The standard InChI is InChI=1S/C17H24N2O2/c1-19-11-14(7-10-16(19)20)18-17(12-3-4-12)13-5-8-15(21-2)9-6-13/h5-6,8-9,12,14,17-18H,3-4,7,10-11H2,1-2H3. The van der Waals surface area contributed by atoms with Crippen molar-refractivity contribution in [2.45, 2.75) is 37.8 Å². The Morgan fingerprint density at radius 1 is 1.24 bits per heavy atom. The van der Waals surface area contributed by atoms with E-state index < -0.39 is 0 Å². The summed E-state index contributed by atoms with van der Waals surface area (Å²) < 4.78 is 5.24. The number of carbonyl (C=O) groups is 1. The highest BCUT2D eigenvalue weighted by Gasteiger charge is 2.35. The molecule has 1 saturated heterocycles. The fourth-order valence-corrected chi connectivity index (χ4v) is 3.15. The van der Waals surface area contributed by atoms with Crippen LogP contribution in [0.15, 0.2) is 24.3 Å². The summed E-state index contributed by atoms with van der Waals surface area (Å²) in [7, 11) is 3.59. The van der Waals surface area contributed by atoms with E-state index in [2.05, 4.69) is 17.4 Å². The van der Waals surface area contributed by atoms with Crippen molar-refractivity contribution < 1.29 is 9.53 Å². The molecular formula is C17H24N2O2. The molecule has 1 saturated carbocycles. The summed E-state index contributed by atoms with van der Waals surface area (Å²) in [6, 6.07) is 9.19. The number of piperidine rings is 1. The molecule has 0 radical (unpaired) electrons. The highest BCUT2D eigenvalue weighted by atomic mass is 16.5. The quantitative estimate of drug-likeness (QED) is 0.904. The molecule has 2 atom stereocenters. The topological polar surface area (TPSA) is 41.6 Å². The van der Waals surface area contributed by atoms with Crippen molar-refractivity contribution in [2.75, 3.05) is 20.7 Å². The molecule has 1 aliphatic heterocycles. The van der Waals surface area contributed by atoms with Gasteiger partial charge in [-0.25, -0.2) is 0 Å². The van der Waals surface area contributed by atoms with Gasteiger partial charge in [-0.2, -0.15) is 0 Å². The lowest BCUT2D eigenvalue weighted by Crippen LogP contribution is -2.47. The van der Waals surface area contributed by atoms with Crippen molar-refractivity contribution in [3.05, 3.63) is 29.8 Å². The summed E-state index contributed by atoms with van der Waals surface area (Å²) in [5.74, 6) is 1.90. The molecule has 4 nitrogen and oxygen atoms in total. The number of nitrogens with one attached hydrogen (secondary N) is 1. The van der Waals surface area contributed by atoms with Gasteiger partial charge in [0, 0.05) is 32.1 Å². The van der Waals surface area contributed by atoms with Crippen LogP contribution < -0.4 is 10.1 Å². The van der Waals surface area contributed by atoms with Crippen molar-refractivity contribution >= 4 is 5.91 Å². The van der Waals surface area contributed by atoms with Gasteiger partial charge in [0.1, 0.15) is 5.75 Å². The summed E-state index contributed by atoms with van der Waals surface area (Å²) in [5, 5.41) is 3.79. The normalized spacial score (nSPS) is 24.0. The van der Waals surface area contributed by atoms with Crippen LogP contribution in [0.3, 0.4) is 0 Å². The lowest BCUT2D eigenvalue weighted by atomic mass is 9.98. The Labute approximate surface area is 126 Å². The molecule has 1 aromatic rings. The molecular weight excluding hydrogens is 264 g/mol. The Kier molecular flexibility index (Phi) is 4.15. The SMILES string of the molecule is COc1ccc(C(NC2CCC(=O)N(C)C2)C2CC2)cc1. The van der Waals surface area contributed by atoms with Crippen LogP contribution in [0.1, 0.15) is 37.3 Å². The van der Waals surface area contributed by atoms with E-state index in [4.69, 9.17) is 4.74 Å². The Bertz CT molecular complexity index is 496. The van der Waals surface area contributed by atoms with E-state index in [1.165, 1.54) is 18.4 Å². The van der Waals surface area contributed by atoms with Crippen LogP contribution in [-0.2, 0) is 4.79 Å². The highest BCUT2D eigenvalue weighted by molar-refractivity contribution is 5.76. The van der Waals surface area contributed by atoms with Crippen LogP contribution in [-0.4, -0.2) is 37.6 Å². The first-order chi connectivity index (χ1) is 10.2. The maximum Gasteiger partial charge on any atom is 0.222 e. The minimum Gasteiger partial charge on any atom is -0.497 e. The van der Waals surface area contributed by atoms with E-state index in [0.29, 0.717) is 18.5 Å². The average molecular weight is 288 g/mol. The number of carbonyl (C=O) groups excluding carboxylic acids is 1. The second kappa shape index (κ2) is 6.06. The lowest BCUT2D eigenvalue weighted by Gasteiger charge is -2.33. The van der Waals surface area contributed by atoms with Crippen molar-refractivity contribution in [3.8, 4) is 5.75 Å². The summed E-state index contributed by atoms with van der Waals surface area (Å²) in [6.45, 7) is 0.818. The largest absolute Gasteiger partial charge is 0.497 e. The smallest absolute Gasteiger partial charge is 0.222 e. The highest BCUT2D eigenvalue weighted by Crippen LogP contribution is 2.41. The third-order valence-electron chi connectivity index (χ3n) is 4.61. The second-order valence-corrected chi connectivity index (χ2v) is 6.26. The molecule has 1 aromatic carbocycles. The van der Waals surface area contributed by atoms with Gasteiger partial charge in [-0.3, -0.25) is 4.79 Å². The minimum absolute atomic E-state index is 0.264. The van der Waals surface area contributed by atoms with Gasteiger partial charge in [-0.1, -0.05) is 12.1 Å². The van der Waals surface area contributed by atoms with Gasteiger partial charge in [0.25, 0.3) is 0 Å². The summed E-state index contributed by atoms with van der Waals surface area (Å²) >= 11 is 0. The number of likely N-dealkylation sites (N-methyl/N-ethyl adjacent to an activating group) is 1. The maximum absolute atomic E-state index is 11.6. The van der Waals surface area contributed by atoms with Crippen LogP contribution in [0, 0.1) is 5.92 Å². The maximum atomic E-state index is 11.6. The molecule has 0 aromatic heterocycles. The first kappa shape index (κ1) is 14.4. The number of nitrogens with zero attached hydrogens (tertiary/aromatic N) is 1. The molecule has 1 heterocycles. The van der Waals surface area contributed by atoms with Gasteiger partial charge in [0.05, 0.1) is 7.11 Å². The first-order valence-corrected chi connectivity index (χ1v) is 7.81. The summed E-state index contributed by atoms with van der Waals surface area (Å²) in [4.78, 5) is 13.4. The van der Waals surface area contributed by atoms with Crippen LogP contribution in [0.4, 0.5) is 0 Å². The monoisotopic (exact) mass is 288 g/mol. The predicted molar refractivity (Wildman–Crippen MR) is 82.3 cm³/mol. The molecule has 3 rings (SSSR count). The molecule has 1 amide bonds. The predicted octanol–water partition coefficient (Wildman–Crippen LogP) is 2.36. The zero-order valence-corrected chi connectivity index (χ0v) is 12.8. The number of hydrogen-bond donors (Lipinski definition) is 1. The Morgan fingerprint density at radius 3 is 2.52 bits per heavy atom. The number of likely N-dealkylation sites (tertiary alicyclic amines) is 1. The van der Waals surface area contributed by atoms with Crippen LogP contribution in [0.2, 0.25) is 0 Å². The third kappa shape index (κ3) is 3.38. The first-order valence-electron chi connectivity index (χ1n) is 7.81. The van der Waals surface area contributed by atoms with E-state index in [9.17, 15) is 4.79 Å². The van der Waals surface area contributed by atoms with Crippen molar-refractivity contribution in [3.63, 3.8) is 0 Å². The molecule has 1 aliphatic carbocycles. The van der Waals surface area contributed by atoms with Crippen LogP contribution in [0.5, 0.6) is 5.75 Å². The fourth-order valence-electron chi connectivity index (χ4n) is 3.15. The molecule has 0 spiro atoms.